The molecule has 0 atom stereocenters. The summed E-state index contributed by atoms with van der Waals surface area (Å²) in [5, 5.41) is 8.84. The minimum absolute atomic E-state index is 0.351. The second kappa shape index (κ2) is 5.19. The highest BCUT2D eigenvalue weighted by Gasteiger charge is 2.23. The topological polar surface area (TPSA) is 43.2 Å². The highest BCUT2D eigenvalue weighted by molar-refractivity contribution is 5.68. The van der Waals surface area contributed by atoms with Gasteiger partial charge < -0.3 is 5.11 Å². The third-order valence-corrected chi connectivity index (χ3v) is 1.84. The number of carbonyl (C=O) groups is 1. The molecule has 0 aliphatic heterocycles. The standard InChI is InChI=1S/C11H13NO2/c1-2-8-12(11(13)14)9-10-6-4-3-5-7-10/h2-7H,1,8-9H2,(H,13,14)/q+1. The van der Waals surface area contributed by atoms with E-state index < -0.39 is 6.09 Å². The Balaban J connectivity index is 2.64. The summed E-state index contributed by atoms with van der Waals surface area (Å²) in [7, 11) is 0. The maximum atomic E-state index is 10.8. The van der Waals surface area contributed by atoms with Crippen molar-refractivity contribution in [3.05, 3.63) is 48.6 Å². The van der Waals surface area contributed by atoms with Crippen molar-refractivity contribution in [1.29, 1.82) is 0 Å². The quantitative estimate of drug-likeness (QED) is 0.585. The van der Waals surface area contributed by atoms with Gasteiger partial charge in [0.25, 0.3) is 0 Å². The molecule has 1 rings (SSSR count). The smallest absolute Gasteiger partial charge is 0.432 e. The first-order valence-electron chi connectivity index (χ1n) is 4.36. The van der Waals surface area contributed by atoms with Gasteiger partial charge in [-0.05, 0) is 6.08 Å². The van der Waals surface area contributed by atoms with Crippen LogP contribution in [0.1, 0.15) is 5.56 Å². The van der Waals surface area contributed by atoms with Gasteiger partial charge in [0.2, 0.25) is 0 Å². The third kappa shape index (κ3) is 3.03. The van der Waals surface area contributed by atoms with Crippen molar-refractivity contribution in [1.82, 2.24) is 4.90 Å². The lowest BCUT2D eigenvalue weighted by atomic mass is 10.2. The molecule has 1 amide bonds. The zero-order valence-corrected chi connectivity index (χ0v) is 7.89. The molecule has 0 saturated heterocycles. The van der Waals surface area contributed by atoms with Crippen LogP contribution in [0.2, 0.25) is 0 Å². The van der Waals surface area contributed by atoms with Crippen molar-refractivity contribution >= 4 is 6.09 Å². The normalized spacial score (nSPS) is 10.1. The van der Waals surface area contributed by atoms with Crippen LogP contribution in [-0.2, 0) is 6.54 Å². The Bertz CT molecular complexity index is 308. The predicted octanol–water partition coefficient (Wildman–Crippen LogP) is 2.19. The fraction of sp³-hybridized carbons (Fsp3) is 0.182. The lowest BCUT2D eigenvalue weighted by molar-refractivity contribution is 0.174. The first kappa shape index (κ1) is 10.5. The van der Waals surface area contributed by atoms with Gasteiger partial charge in [-0.3, -0.25) is 0 Å². The van der Waals surface area contributed by atoms with Crippen molar-refractivity contribution in [2.24, 2.45) is 0 Å². The van der Waals surface area contributed by atoms with Crippen LogP contribution in [0.25, 0.3) is 0 Å². The predicted molar refractivity (Wildman–Crippen MR) is 55.4 cm³/mol. The molecule has 0 aliphatic rings. The molecule has 0 heterocycles. The molecule has 0 saturated carbocycles. The summed E-state index contributed by atoms with van der Waals surface area (Å²) in [6, 6.07) is 9.49. The largest absolute Gasteiger partial charge is 0.564 e. The van der Waals surface area contributed by atoms with Crippen LogP contribution in [0, 0.1) is 0 Å². The Morgan fingerprint density at radius 1 is 1.43 bits per heavy atom. The molecular formula is C11H13NO2+. The molecule has 3 heteroatoms. The van der Waals surface area contributed by atoms with E-state index in [0.29, 0.717) is 13.1 Å². The van der Waals surface area contributed by atoms with Crippen LogP contribution < -0.4 is 4.90 Å². The SMILES string of the molecule is C=CC[N+](Cc1ccccc1)C(=O)O. The highest BCUT2D eigenvalue weighted by atomic mass is 16.4. The number of nitrogens with zero attached hydrogens (tertiary/aromatic N) is 1. The van der Waals surface area contributed by atoms with Crippen molar-refractivity contribution < 1.29 is 9.90 Å². The summed E-state index contributed by atoms with van der Waals surface area (Å²) in [6.45, 7) is 4.28. The van der Waals surface area contributed by atoms with E-state index >= 15 is 0 Å². The summed E-state index contributed by atoms with van der Waals surface area (Å²) in [6.07, 6.45) is 0.658. The molecule has 0 fully saturated rings. The zero-order valence-electron chi connectivity index (χ0n) is 7.89. The fourth-order valence-corrected chi connectivity index (χ4v) is 1.17. The first-order valence-corrected chi connectivity index (χ1v) is 4.36. The molecule has 14 heavy (non-hydrogen) atoms. The molecular weight excluding hydrogens is 178 g/mol. The first-order chi connectivity index (χ1) is 6.74. The number of amides is 1. The van der Waals surface area contributed by atoms with E-state index in [-0.39, 0.29) is 0 Å². The van der Waals surface area contributed by atoms with Gasteiger partial charge in [-0.15, -0.1) is 0 Å². The number of hydrogen-bond donors (Lipinski definition) is 1. The summed E-state index contributed by atoms with van der Waals surface area (Å²) in [5.74, 6) is 0. The molecule has 0 spiro atoms. The van der Waals surface area contributed by atoms with Crippen molar-refractivity contribution in [2.75, 3.05) is 6.54 Å². The number of rotatable bonds is 4. The molecule has 0 bridgehead atoms. The molecule has 1 N–H and O–H groups in total. The van der Waals surface area contributed by atoms with E-state index in [9.17, 15) is 4.79 Å². The summed E-state index contributed by atoms with van der Waals surface area (Å²) in [4.78, 5) is 12.1. The Morgan fingerprint density at radius 3 is 2.57 bits per heavy atom. The van der Waals surface area contributed by atoms with Gasteiger partial charge in [0.05, 0.1) is 0 Å². The van der Waals surface area contributed by atoms with Crippen LogP contribution in [0.5, 0.6) is 0 Å². The number of benzene rings is 1. The summed E-state index contributed by atoms with van der Waals surface area (Å²) < 4.78 is 0. The Kier molecular flexibility index (Phi) is 3.88. The highest BCUT2D eigenvalue weighted by Crippen LogP contribution is 2.02. The van der Waals surface area contributed by atoms with Crippen LogP contribution >= 0.6 is 0 Å². The van der Waals surface area contributed by atoms with Gasteiger partial charge in [0, 0.05) is 5.56 Å². The molecule has 1 radical (unpaired) electrons. The monoisotopic (exact) mass is 191 g/mol. The van der Waals surface area contributed by atoms with Gasteiger partial charge in [0.1, 0.15) is 0 Å². The maximum Gasteiger partial charge on any atom is 0.564 e. The lowest BCUT2D eigenvalue weighted by Gasteiger charge is -2.03. The van der Waals surface area contributed by atoms with Gasteiger partial charge in [-0.1, -0.05) is 41.8 Å². The van der Waals surface area contributed by atoms with Gasteiger partial charge in [-0.2, -0.15) is 4.79 Å². The average molecular weight is 191 g/mol. The Morgan fingerprint density at radius 2 is 2.07 bits per heavy atom. The van der Waals surface area contributed by atoms with E-state index in [4.69, 9.17) is 5.11 Å². The van der Waals surface area contributed by atoms with Crippen LogP contribution in [-0.4, -0.2) is 17.7 Å². The minimum atomic E-state index is -0.922. The van der Waals surface area contributed by atoms with E-state index in [1.54, 1.807) is 6.08 Å². The Labute approximate surface area is 83.3 Å². The van der Waals surface area contributed by atoms with Crippen molar-refractivity contribution in [3.63, 3.8) is 0 Å². The molecule has 3 nitrogen and oxygen atoms in total. The molecule has 0 aromatic heterocycles. The van der Waals surface area contributed by atoms with E-state index in [0.717, 1.165) is 5.56 Å². The third-order valence-electron chi connectivity index (χ3n) is 1.84. The average Bonchev–Trinajstić information content (AvgIpc) is 2.18. The van der Waals surface area contributed by atoms with Crippen LogP contribution in [0.3, 0.4) is 0 Å². The minimum Gasteiger partial charge on any atom is -0.432 e. The number of carboxylic acid groups (broad SMARTS) is 1. The van der Waals surface area contributed by atoms with Gasteiger partial charge >= 0.3 is 6.09 Å². The second-order valence-corrected chi connectivity index (χ2v) is 2.94. The maximum absolute atomic E-state index is 10.8. The van der Waals surface area contributed by atoms with Gasteiger partial charge in [0.15, 0.2) is 13.1 Å². The molecule has 1 aromatic rings. The van der Waals surface area contributed by atoms with Gasteiger partial charge in [-0.25, -0.2) is 0 Å². The van der Waals surface area contributed by atoms with Crippen LogP contribution in [0.4, 0.5) is 4.79 Å². The van der Waals surface area contributed by atoms with Crippen molar-refractivity contribution in [2.45, 2.75) is 6.54 Å². The fourth-order valence-electron chi connectivity index (χ4n) is 1.17. The molecule has 0 unspecified atom stereocenters. The summed E-state index contributed by atoms with van der Waals surface area (Å²) >= 11 is 0. The van der Waals surface area contributed by atoms with E-state index in [1.807, 2.05) is 30.3 Å². The second-order valence-electron chi connectivity index (χ2n) is 2.94. The summed E-state index contributed by atoms with van der Waals surface area (Å²) in [5.41, 5.74) is 0.983. The van der Waals surface area contributed by atoms with E-state index in [1.165, 1.54) is 4.90 Å². The molecule has 1 aromatic carbocycles. The van der Waals surface area contributed by atoms with Crippen LogP contribution in [0.15, 0.2) is 43.0 Å². The Hall–Kier alpha value is -1.61. The van der Waals surface area contributed by atoms with E-state index in [2.05, 4.69) is 6.58 Å². The zero-order chi connectivity index (χ0) is 10.4. The lowest BCUT2D eigenvalue weighted by Crippen LogP contribution is -2.35. The number of hydrogen-bond acceptors (Lipinski definition) is 1. The van der Waals surface area contributed by atoms with Crippen molar-refractivity contribution in [3.8, 4) is 0 Å². The molecule has 73 valence electrons. The molecule has 0 aliphatic carbocycles.